The second-order valence-corrected chi connectivity index (χ2v) is 3.74. The smallest absolute Gasteiger partial charge is 0.160 e. The van der Waals surface area contributed by atoms with E-state index in [-0.39, 0.29) is 11.5 Å². The standard InChI is InChI=1S/C12H19NO2/c1-4-13(5-2)8-10-6-9(3)12(15)11(14)7-10/h6-7,14-15H,4-5,8H2,1-3H3. The molecule has 3 nitrogen and oxygen atoms in total. The van der Waals surface area contributed by atoms with E-state index in [1.54, 1.807) is 13.0 Å². The Kier molecular flexibility index (Phi) is 3.97. The van der Waals surface area contributed by atoms with Crippen LogP contribution in [-0.2, 0) is 6.54 Å². The summed E-state index contributed by atoms with van der Waals surface area (Å²) in [6, 6.07) is 3.54. The highest BCUT2D eigenvalue weighted by Gasteiger charge is 2.07. The number of phenols is 2. The van der Waals surface area contributed by atoms with Crippen LogP contribution in [-0.4, -0.2) is 28.2 Å². The molecule has 3 heteroatoms. The van der Waals surface area contributed by atoms with Gasteiger partial charge in [0.2, 0.25) is 0 Å². The van der Waals surface area contributed by atoms with Crippen LogP contribution in [0.3, 0.4) is 0 Å². The van der Waals surface area contributed by atoms with E-state index in [0.717, 1.165) is 30.8 Å². The van der Waals surface area contributed by atoms with Crippen molar-refractivity contribution in [2.75, 3.05) is 13.1 Å². The van der Waals surface area contributed by atoms with Gasteiger partial charge in [-0.1, -0.05) is 19.9 Å². The van der Waals surface area contributed by atoms with Crippen LogP contribution >= 0.6 is 0 Å². The van der Waals surface area contributed by atoms with Crippen LogP contribution in [0.1, 0.15) is 25.0 Å². The lowest BCUT2D eigenvalue weighted by Crippen LogP contribution is -2.22. The molecule has 0 aromatic heterocycles. The van der Waals surface area contributed by atoms with E-state index >= 15 is 0 Å². The van der Waals surface area contributed by atoms with Gasteiger partial charge < -0.3 is 10.2 Å². The van der Waals surface area contributed by atoms with Crippen LogP contribution < -0.4 is 0 Å². The first-order valence-corrected chi connectivity index (χ1v) is 5.32. The van der Waals surface area contributed by atoms with E-state index in [2.05, 4.69) is 18.7 Å². The first-order valence-electron chi connectivity index (χ1n) is 5.32. The molecule has 0 radical (unpaired) electrons. The predicted molar refractivity (Wildman–Crippen MR) is 61.1 cm³/mol. The Hall–Kier alpha value is -1.22. The number of hydrogen-bond acceptors (Lipinski definition) is 3. The van der Waals surface area contributed by atoms with Gasteiger partial charge in [-0.3, -0.25) is 4.90 Å². The zero-order valence-corrected chi connectivity index (χ0v) is 9.62. The van der Waals surface area contributed by atoms with E-state index in [1.807, 2.05) is 6.07 Å². The Balaban J connectivity index is 2.87. The summed E-state index contributed by atoms with van der Waals surface area (Å²) in [5.41, 5.74) is 1.75. The van der Waals surface area contributed by atoms with Crippen LogP contribution in [0.15, 0.2) is 12.1 Å². The average Bonchev–Trinajstić information content (AvgIpc) is 2.22. The SMILES string of the molecule is CCN(CC)Cc1cc(C)c(O)c(O)c1. The average molecular weight is 209 g/mol. The van der Waals surface area contributed by atoms with Gasteiger partial charge in [-0.05, 0) is 37.2 Å². The Bertz CT molecular complexity index is 309. The van der Waals surface area contributed by atoms with E-state index < -0.39 is 0 Å². The van der Waals surface area contributed by atoms with Gasteiger partial charge in [-0.15, -0.1) is 0 Å². The van der Waals surface area contributed by atoms with E-state index in [1.165, 1.54) is 0 Å². The molecule has 1 aromatic carbocycles. The van der Waals surface area contributed by atoms with Crippen molar-refractivity contribution in [3.63, 3.8) is 0 Å². The molecule has 0 atom stereocenters. The molecule has 0 unspecified atom stereocenters. The molecule has 84 valence electrons. The lowest BCUT2D eigenvalue weighted by atomic mass is 10.1. The zero-order chi connectivity index (χ0) is 11.4. The molecule has 0 saturated heterocycles. The maximum Gasteiger partial charge on any atom is 0.160 e. The summed E-state index contributed by atoms with van der Waals surface area (Å²) in [5, 5.41) is 18.9. The Labute approximate surface area is 91.0 Å². The van der Waals surface area contributed by atoms with Gasteiger partial charge in [0.25, 0.3) is 0 Å². The van der Waals surface area contributed by atoms with Gasteiger partial charge >= 0.3 is 0 Å². The summed E-state index contributed by atoms with van der Waals surface area (Å²) in [4.78, 5) is 2.26. The van der Waals surface area contributed by atoms with E-state index in [0.29, 0.717) is 0 Å². The van der Waals surface area contributed by atoms with Crippen molar-refractivity contribution in [1.29, 1.82) is 0 Å². The molecule has 1 rings (SSSR count). The lowest BCUT2D eigenvalue weighted by molar-refractivity contribution is 0.295. The summed E-state index contributed by atoms with van der Waals surface area (Å²) in [6.45, 7) is 8.78. The van der Waals surface area contributed by atoms with Crippen LogP contribution in [0, 0.1) is 6.92 Å². The molecule has 0 bridgehead atoms. The van der Waals surface area contributed by atoms with Crippen LogP contribution in [0.25, 0.3) is 0 Å². The fraction of sp³-hybridized carbons (Fsp3) is 0.500. The highest BCUT2D eigenvalue weighted by atomic mass is 16.3. The van der Waals surface area contributed by atoms with Crippen LogP contribution in [0.5, 0.6) is 11.5 Å². The number of rotatable bonds is 4. The monoisotopic (exact) mass is 209 g/mol. The largest absolute Gasteiger partial charge is 0.504 e. The first kappa shape index (κ1) is 11.9. The molecule has 0 spiro atoms. The zero-order valence-electron chi connectivity index (χ0n) is 9.62. The molecule has 0 amide bonds. The predicted octanol–water partition coefficient (Wildman–Crippen LogP) is 2.25. The first-order chi connectivity index (χ1) is 7.08. The molecule has 1 aromatic rings. The van der Waals surface area contributed by atoms with Crippen LogP contribution in [0.2, 0.25) is 0 Å². The second kappa shape index (κ2) is 5.03. The molecule has 0 saturated carbocycles. The molecular weight excluding hydrogens is 190 g/mol. The quantitative estimate of drug-likeness (QED) is 0.747. The van der Waals surface area contributed by atoms with Crippen molar-refractivity contribution in [3.05, 3.63) is 23.3 Å². The van der Waals surface area contributed by atoms with Crippen molar-refractivity contribution in [1.82, 2.24) is 4.90 Å². The molecule has 2 N–H and O–H groups in total. The van der Waals surface area contributed by atoms with Gasteiger partial charge in [0.05, 0.1) is 0 Å². The second-order valence-electron chi connectivity index (χ2n) is 3.74. The highest BCUT2D eigenvalue weighted by Crippen LogP contribution is 2.29. The Morgan fingerprint density at radius 3 is 2.20 bits per heavy atom. The number of nitrogens with zero attached hydrogens (tertiary/aromatic N) is 1. The fourth-order valence-electron chi connectivity index (χ4n) is 1.63. The van der Waals surface area contributed by atoms with E-state index in [4.69, 9.17) is 0 Å². The molecule has 0 heterocycles. The molecule has 15 heavy (non-hydrogen) atoms. The van der Waals surface area contributed by atoms with Gasteiger partial charge in [-0.2, -0.15) is 0 Å². The number of aromatic hydroxyl groups is 2. The molecule has 0 aliphatic heterocycles. The van der Waals surface area contributed by atoms with Gasteiger partial charge in [0, 0.05) is 6.54 Å². The minimum absolute atomic E-state index is 0.0155. The third-order valence-electron chi connectivity index (χ3n) is 2.64. The van der Waals surface area contributed by atoms with Crippen LogP contribution in [0.4, 0.5) is 0 Å². The minimum atomic E-state index is -0.0304. The lowest BCUT2D eigenvalue weighted by Gasteiger charge is -2.18. The van der Waals surface area contributed by atoms with Crippen molar-refractivity contribution >= 4 is 0 Å². The van der Waals surface area contributed by atoms with Gasteiger partial charge in [0.15, 0.2) is 11.5 Å². The maximum atomic E-state index is 9.47. The van der Waals surface area contributed by atoms with Gasteiger partial charge in [-0.25, -0.2) is 0 Å². The van der Waals surface area contributed by atoms with Crippen molar-refractivity contribution in [3.8, 4) is 11.5 Å². The third-order valence-corrected chi connectivity index (χ3v) is 2.64. The topological polar surface area (TPSA) is 43.7 Å². The Morgan fingerprint density at radius 1 is 1.13 bits per heavy atom. The summed E-state index contributed by atoms with van der Waals surface area (Å²) in [5.74, 6) is -0.0459. The van der Waals surface area contributed by atoms with E-state index in [9.17, 15) is 10.2 Å². The number of aryl methyl sites for hydroxylation is 1. The molecule has 0 fully saturated rings. The summed E-state index contributed by atoms with van der Waals surface area (Å²) >= 11 is 0. The number of phenolic OH excluding ortho intramolecular Hbond substituents is 2. The summed E-state index contributed by atoms with van der Waals surface area (Å²) < 4.78 is 0. The van der Waals surface area contributed by atoms with Crippen molar-refractivity contribution in [2.24, 2.45) is 0 Å². The highest BCUT2D eigenvalue weighted by molar-refractivity contribution is 5.46. The van der Waals surface area contributed by atoms with Crippen molar-refractivity contribution in [2.45, 2.75) is 27.3 Å². The maximum absolute atomic E-state index is 9.47. The fourth-order valence-corrected chi connectivity index (χ4v) is 1.63. The summed E-state index contributed by atoms with van der Waals surface area (Å²) in [7, 11) is 0. The van der Waals surface area contributed by atoms with Crippen molar-refractivity contribution < 1.29 is 10.2 Å². The van der Waals surface area contributed by atoms with Gasteiger partial charge in [0.1, 0.15) is 0 Å². The number of hydrogen-bond donors (Lipinski definition) is 2. The third kappa shape index (κ3) is 2.86. The summed E-state index contributed by atoms with van der Waals surface area (Å²) in [6.07, 6.45) is 0. The molecule has 0 aliphatic rings. The molecule has 0 aliphatic carbocycles. The number of benzene rings is 1. The Morgan fingerprint density at radius 2 is 1.73 bits per heavy atom. The minimum Gasteiger partial charge on any atom is -0.504 e. The molecular formula is C12H19NO2. The normalized spacial score (nSPS) is 10.9.